The molecule has 1 amide bonds. The Hall–Kier alpha value is -3.48. The van der Waals surface area contributed by atoms with E-state index in [1.165, 1.54) is 12.1 Å². The molecule has 5 rings (SSSR count). The summed E-state index contributed by atoms with van der Waals surface area (Å²) in [5.41, 5.74) is 4.12. The molecule has 1 saturated heterocycles. The number of rotatable bonds is 6. The van der Waals surface area contributed by atoms with Gasteiger partial charge in [0.2, 0.25) is 5.91 Å². The lowest BCUT2D eigenvalue weighted by atomic mass is 10.1. The Kier molecular flexibility index (Phi) is 5.47. The number of aromatic nitrogens is 4. The first kappa shape index (κ1) is 20.4. The molecule has 164 valence electrons. The third-order valence-electron chi connectivity index (χ3n) is 6.40. The molecule has 2 atom stereocenters. The first-order valence-corrected chi connectivity index (χ1v) is 11.1. The van der Waals surface area contributed by atoms with Crippen molar-refractivity contribution in [1.29, 1.82) is 0 Å². The number of aryl methyl sites for hydroxylation is 1. The Balaban J connectivity index is 1.23. The van der Waals surface area contributed by atoms with Gasteiger partial charge in [-0.2, -0.15) is 10.2 Å². The number of nitrogens with zero attached hydrogens (tertiary/aromatic N) is 4. The van der Waals surface area contributed by atoms with Crippen LogP contribution in [0.2, 0.25) is 0 Å². The SMILES string of the molecule is C[C@H]1CC(Cn2ncc3cc(-c4cn[nH]c4)ccc32)CN1C(=O)CCc1cccc(F)c1. The fraction of sp³-hybridized carbons (Fsp3) is 0.320. The number of H-pyrrole nitrogens is 1. The van der Waals surface area contributed by atoms with E-state index in [1.54, 1.807) is 6.07 Å². The van der Waals surface area contributed by atoms with Gasteiger partial charge < -0.3 is 4.90 Å². The number of carbonyl (C=O) groups excluding carboxylic acids is 1. The lowest BCUT2D eigenvalue weighted by Gasteiger charge is -2.21. The van der Waals surface area contributed by atoms with Crippen LogP contribution in [0, 0.1) is 11.7 Å². The maximum absolute atomic E-state index is 13.4. The summed E-state index contributed by atoms with van der Waals surface area (Å²) in [6, 6.07) is 13.0. The van der Waals surface area contributed by atoms with E-state index >= 15 is 0 Å². The Morgan fingerprint density at radius 2 is 2.09 bits per heavy atom. The minimum Gasteiger partial charge on any atom is -0.340 e. The van der Waals surface area contributed by atoms with Crippen LogP contribution >= 0.6 is 0 Å². The number of fused-ring (bicyclic) bond motifs is 1. The number of hydrogen-bond donors (Lipinski definition) is 1. The molecule has 1 N–H and O–H groups in total. The van der Waals surface area contributed by atoms with Gasteiger partial charge in [-0.05, 0) is 61.1 Å². The summed E-state index contributed by atoms with van der Waals surface area (Å²) in [6.07, 6.45) is 7.52. The molecule has 2 aromatic carbocycles. The molecule has 7 heteroatoms. The van der Waals surface area contributed by atoms with Crippen molar-refractivity contribution in [2.45, 2.75) is 38.8 Å². The molecule has 1 fully saturated rings. The van der Waals surface area contributed by atoms with E-state index in [-0.39, 0.29) is 17.8 Å². The number of aromatic amines is 1. The van der Waals surface area contributed by atoms with Crippen LogP contribution in [-0.4, -0.2) is 43.4 Å². The van der Waals surface area contributed by atoms with Gasteiger partial charge in [0.25, 0.3) is 0 Å². The highest BCUT2D eigenvalue weighted by Gasteiger charge is 2.32. The van der Waals surface area contributed by atoms with Crippen LogP contribution in [0.1, 0.15) is 25.3 Å². The predicted octanol–water partition coefficient (Wildman–Crippen LogP) is 4.44. The monoisotopic (exact) mass is 431 g/mol. The van der Waals surface area contributed by atoms with E-state index in [1.807, 2.05) is 34.2 Å². The zero-order valence-electron chi connectivity index (χ0n) is 18.0. The zero-order chi connectivity index (χ0) is 22.1. The van der Waals surface area contributed by atoms with Gasteiger partial charge >= 0.3 is 0 Å². The average Bonchev–Trinajstić information content (AvgIpc) is 3.53. The minimum atomic E-state index is -0.257. The average molecular weight is 432 g/mol. The van der Waals surface area contributed by atoms with Crippen molar-refractivity contribution in [2.24, 2.45) is 5.92 Å². The number of nitrogens with one attached hydrogen (secondary N) is 1. The van der Waals surface area contributed by atoms with Gasteiger partial charge in [0.15, 0.2) is 0 Å². The molecular formula is C25H26FN5O. The molecular weight excluding hydrogens is 405 g/mol. The minimum absolute atomic E-state index is 0.138. The summed E-state index contributed by atoms with van der Waals surface area (Å²) in [6.45, 7) is 3.63. The Labute approximate surface area is 186 Å². The van der Waals surface area contributed by atoms with E-state index < -0.39 is 0 Å². The van der Waals surface area contributed by atoms with Crippen LogP contribution < -0.4 is 0 Å². The fourth-order valence-corrected chi connectivity index (χ4v) is 4.77. The molecule has 0 saturated carbocycles. The van der Waals surface area contributed by atoms with E-state index in [2.05, 4.69) is 40.4 Å². The molecule has 1 unspecified atom stereocenters. The van der Waals surface area contributed by atoms with Crippen LogP contribution in [-0.2, 0) is 17.8 Å². The second kappa shape index (κ2) is 8.57. The normalized spacial score (nSPS) is 18.5. The highest BCUT2D eigenvalue weighted by molar-refractivity contribution is 5.84. The van der Waals surface area contributed by atoms with Gasteiger partial charge in [-0.25, -0.2) is 4.39 Å². The van der Waals surface area contributed by atoms with E-state index in [4.69, 9.17) is 0 Å². The maximum Gasteiger partial charge on any atom is 0.223 e. The van der Waals surface area contributed by atoms with Crippen molar-refractivity contribution >= 4 is 16.8 Å². The Morgan fingerprint density at radius 1 is 1.19 bits per heavy atom. The van der Waals surface area contributed by atoms with E-state index in [0.717, 1.165) is 47.1 Å². The third-order valence-corrected chi connectivity index (χ3v) is 6.40. The van der Waals surface area contributed by atoms with Crippen LogP contribution in [0.5, 0.6) is 0 Å². The molecule has 0 spiro atoms. The second-order valence-electron chi connectivity index (χ2n) is 8.71. The molecule has 0 aliphatic carbocycles. The highest BCUT2D eigenvalue weighted by atomic mass is 19.1. The lowest BCUT2D eigenvalue weighted by Crippen LogP contribution is -2.34. The summed E-state index contributed by atoms with van der Waals surface area (Å²) in [7, 11) is 0. The van der Waals surface area contributed by atoms with Crippen LogP contribution in [0.25, 0.3) is 22.0 Å². The molecule has 1 aliphatic rings. The van der Waals surface area contributed by atoms with Crippen LogP contribution in [0.4, 0.5) is 4.39 Å². The molecule has 2 aromatic heterocycles. The van der Waals surface area contributed by atoms with Crippen LogP contribution in [0.3, 0.4) is 0 Å². The predicted molar refractivity (Wildman–Crippen MR) is 121 cm³/mol. The molecule has 6 nitrogen and oxygen atoms in total. The number of likely N-dealkylation sites (tertiary alicyclic amines) is 1. The lowest BCUT2D eigenvalue weighted by molar-refractivity contribution is -0.131. The van der Waals surface area contributed by atoms with Gasteiger partial charge in [0, 0.05) is 42.7 Å². The summed E-state index contributed by atoms with van der Waals surface area (Å²) in [5.74, 6) is 0.243. The molecule has 1 aliphatic heterocycles. The van der Waals surface area contributed by atoms with Crippen molar-refractivity contribution in [1.82, 2.24) is 24.9 Å². The van der Waals surface area contributed by atoms with Gasteiger partial charge in [-0.15, -0.1) is 0 Å². The van der Waals surface area contributed by atoms with Gasteiger partial charge in [0.1, 0.15) is 5.82 Å². The topological polar surface area (TPSA) is 66.8 Å². The molecule has 32 heavy (non-hydrogen) atoms. The van der Waals surface area contributed by atoms with Crippen molar-refractivity contribution in [3.63, 3.8) is 0 Å². The fourth-order valence-electron chi connectivity index (χ4n) is 4.77. The highest BCUT2D eigenvalue weighted by Crippen LogP contribution is 2.28. The van der Waals surface area contributed by atoms with Gasteiger partial charge in [-0.3, -0.25) is 14.6 Å². The number of amides is 1. The van der Waals surface area contributed by atoms with Gasteiger partial charge in [-0.1, -0.05) is 18.2 Å². The van der Waals surface area contributed by atoms with Gasteiger partial charge in [0.05, 0.1) is 17.9 Å². The summed E-state index contributed by atoms with van der Waals surface area (Å²) < 4.78 is 15.4. The van der Waals surface area contributed by atoms with E-state index in [9.17, 15) is 9.18 Å². The first-order chi connectivity index (χ1) is 15.6. The molecule has 0 bridgehead atoms. The summed E-state index contributed by atoms with van der Waals surface area (Å²) in [4.78, 5) is 14.8. The number of halogens is 1. The van der Waals surface area contributed by atoms with Crippen molar-refractivity contribution < 1.29 is 9.18 Å². The summed E-state index contributed by atoms with van der Waals surface area (Å²) in [5, 5.41) is 12.6. The standard InChI is InChI=1S/C25H26FN5O/c1-17-9-19(15-30(17)25(32)8-5-18-3-2-4-23(26)10-18)16-31-24-7-6-20(11-21(24)14-29-31)22-12-27-28-13-22/h2-4,6-7,10-14,17,19H,5,8-9,15-16H2,1H3,(H,27,28)/t17-,19?/m0/s1. The Morgan fingerprint density at radius 3 is 2.91 bits per heavy atom. The van der Waals surface area contributed by atoms with E-state index in [0.29, 0.717) is 18.8 Å². The first-order valence-electron chi connectivity index (χ1n) is 11.1. The van der Waals surface area contributed by atoms with Crippen molar-refractivity contribution in [2.75, 3.05) is 6.54 Å². The zero-order valence-corrected chi connectivity index (χ0v) is 18.0. The third kappa shape index (κ3) is 4.15. The Bertz CT molecular complexity index is 1230. The molecule has 0 radical (unpaired) electrons. The number of benzene rings is 2. The number of carbonyl (C=O) groups is 1. The molecule has 3 heterocycles. The van der Waals surface area contributed by atoms with Crippen molar-refractivity contribution in [3.05, 3.63) is 72.4 Å². The van der Waals surface area contributed by atoms with Crippen molar-refractivity contribution in [3.8, 4) is 11.1 Å². The van der Waals surface area contributed by atoms with Crippen LogP contribution in [0.15, 0.2) is 61.1 Å². The summed E-state index contributed by atoms with van der Waals surface area (Å²) >= 11 is 0. The smallest absolute Gasteiger partial charge is 0.223 e. The molecule has 4 aromatic rings. The quantitative estimate of drug-likeness (QED) is 0.491. The maximum atomic E-state index is 13.4. The number of hydrogen-bond acceptors (Lipinski definition) is 3. The second-order valence-corrected chi connectivity index (χ2v) is 8.71. The largest absolute Gasteiger partial charge is 0.340 e.